The lowest BCUT2D eigenvalue weighted by atomic mass is 10.1. The first-order chi connectivity index (χ1) is 9.04. The van der Waals surface area contributed by atoms with Gasteiger partial charge in [-0.2, -0.15) is 0 Å². The topological polar surface area (TPSA) is 49.7 Å². The van der Waals surface area contributed by atoms with Gasteiger partial charge in [0.15, 0.2) is 0 Å². The van der Waals surface area contributed by atoms with Crippen molar-refractivity contribution in [1.29, 1.82) is 0 Å². The number of hydrogen-bond donors (Lipinski definition) is 2. The molecule has 1 aromatic carbocycles. The maximum atomic E-state index is 9.18. The molecule has 0 aliphatic rings. The monoisotopic (exact) mass is 202 g/mol. The minimum atomic E-state index is -2.46. The van der Waals surface area contributed by atoms with Gasteiger partial charge < -0.3 is 14.9 Å². The van der Waals surface area contributed by atoms with Gasteiger partial charge in [0.25, 0.3) is 0 Å². The Morgan fingerprint density at radius 1 is 1.36 bits per heavy atom. The van der Waals surface area contributed by atoms with Crippen LogP contribution in [0.2, 0.25) is 0 Å². The van der Waals surface area contributed by atoms with Crippen molar-refractivity contribution >= 4 is 0 Å². The molecule has 0 bridgehead atoms. The zero-order chi connectivity index (χ0) is 15.6. The predicted octanol–water partition coefficient (Wildman–Crippen LogP) is 1.04. The van der Waals surface area contributed by atoms with Gasteiger partial charge in [-0.05, 0) is 37.0 Å². The van der Waals surface area contributed by atoms with Crippen LogP contribution in [0.3, 0.4) is 0 Å². The van der Waals surface area contributed by atoms with Crippen LogP contribution < -0.4 is 4.74 Å². The number of aliphatic hydroxyl groups excluding tert-OH is 2. The molecule has 0 fully saturated rings. The predicted molar refractivity (Wildman–Crippen MR) is 54.5 cm³/mol. The summed E-state index contributed by atoms with van der Waals surface area (Å²) in [6, 6.07) is 3.49. The van der Waals surface area contributed by atoms with Gasteiger partial charge in [-0.15, -0.1) is 0 Å². The Bertz CT molecular complexity index is 422. The number of aryl methyl sites for hydroxylation is 2. The summed E-state index contributed by atoms with van der Waals surface area (Å²) in [4.78, 5) is 0. The zero-order valence-corrected chi connectivity index (χ0v) is 7.53. The number of aliphatic hydroxyl groups is 2. The van der Waals surface area contributed by atoms with Gasteiger partial charge in [-0.3, -0.25) is 0 Å². The van der Waals surface area contributed by atoms with Crippen LogP contribution in [0, 0.1) is 13.7 Å². The van der Waals surface area contributed by atoms with Crippen molar-refractivity contribution in [2.45, 2.75) is 19.8 Å². The lowest BCUT2D eigenvalue weighted by Gasteiger charge is -2.10. The molecular formula is C11H16O3. The van der Waals surface area contributed by atoms with Crippen LogP contribution in [0.25, 0.3) is 0 Å². The third-order valence-corrected chi connectivity index (χ3v) is 1.56. The number of hydrogen-bond acceptors (Lipinski definition) is 3. The van der Waals surface area contributed by atoms with Gasteiger partial charge in [-0.1, -0.05) is 6.07 Å². The Labute approximate surface area is 92.4 Å². The molecule has 3 nitrogen and oxygen atoms in total. The summed E-state index contributed by atoms with van der Waals surface area (Å²) < 4.78 is 49.1. The fourth-order valence-electron chi connectivity index (χ4n) is 0.928. The summed E-state index contributed by atoms with van der Waals surface area (Å²) in [7, 11) is 0. The molecule has 0 saturated heterocycles. The van der Waals surface area contributed by atoms with Crippen LogP contribution >= 0.6 is 0 Å². The van der Waals surface area contributed by atoms with Crippen molar-refractivity contribution in [2.75, 3.05) is 13.2 Å². The summed E-state index contributed by atoms with van der Waals surface area (Å²) in [5.74, 6) is 0.0252. The molecule has 14 heavy (non-hydrogen) atoms. The molecule has 1 atom stereocenters. The van der Waals surface area contributed by atoms with E-state index in [2.05, 4.69) is 0 Å². The third kappa shape index (κ3) is 3.36. The summed E-state index contributed by atoms with van der Waals surface area (Å²) in [5, 5.41) is 17.9. The molecule has 0 saturated carbocycles. The molecule has 78 valence electrons. The van der Waals surface area contributed by atoms with Crippen LogP contribution in [0.5, 0.6) is 5.75 Å². The van der Waals surface area contributed by atoms with E-state index in [4.69, 9.17) is 18.1 Å². The fourth-order valence-corrected chi connectivity index (χ4v) is 0.928. The molecule has 1 aromatic rings. The lowest BCUT2D eigenvalue weighted by Crippen LogP contribution is -2.21. The van der Waals surface area contributed by atoms with E-state index in [0.29, 0.717) is 0 Å². The van der Waals surface area contributed by atoms with Gasteiger partial charge in [-0.25, -0.2) is 0 Å². The van der Waals surface area contributed by atoms with Gasteiger partial charge in [0, 0.05) is 8.22 Å². The molecule has 0 heterocycles. The second kappa shape index (κ2) is 4.98. The minimum Gasteiger partial charge on any atom is -0.491 e. The Morgan fingerprint density at radius 2 is 2.00 bits per heavy atom. The average molecular weight is 202 g/mol. The van der Waals surface area contributed by atoms with E-state index in [1.54, 1.807) is 0 Å². The quantitative estimate of drug-likeness (QED) is 0.767. The van der Waals surface area contributed by atoms with E-state index >= 15 is 0 Å². The van der Waals surface area contributed by atoms with Crippen molar-refractivity contribution in [3.05, 3.63) is 29.3 Å². The largest absolute Gasteiger partial charge is 0.491 e. The van der Waals surface area contributed by atoms with E-state index in [9.17, 15) is 5.11 Å². The highest BCUT2D eigenvalue weighted by Crippen LogP contribution is 2.16. The highest BCUT2D eigenvalue weighted by Gasteiger charge is 2.03. The van der Waals surface area contributed by atoms with Crippen LogP contribution in [-0.4, -0.2) is 29.5 Å². The molecule has 0 aromatic heterocycles. The van der Waals surface area contributed by atoms with Crippen molar-refractivity contribution in [3.63, 3.8) is 0 Å². The Hall–Kier alpha value is -1.06. The van der Waals surface area contributed by atoms with Crippen LogP contribution in [-0.2, 0) is 0 Å². The molecule has 2 N–H and O–H groups in total. The Morgan fingerprint density at radius 3 is 2.50 bits per heavy atom. The zero-order valence-electron chi connectivity index (χ0n) is 13.5. The van der Waals surface area contributed by atoms with Gasteiger partial charge in [0.05, 0.1) is 6.61 Å². The Balaban J connectivity index is 3.11. The van der Waals surface area contributed by atoms with Crippen LogP contribution in [0.4, 0.5) is 0 Å². The first-order valence-electron chi connectivity index (χ1n) is 7.12. The molecule has 0 spiro atoms. The minimum absolute atomic E-state index is 0.0252. The lowest BCUT2D eigenvalue weighted by molar-refractivity contribution is 0.0536. The highest BCUT2D eigenvalue weighted by molar-refractivity contribution is 5.32. The summed E-state index contributed by atoms with van der Waals surface area (Å²) in [6.45, 7) is -5.70. The maximum absolute atomic E-state index is 9.18. The van der Waals surface area contributed by atoms with Crippen molar-refractivity contribution < 1.29 is 23.2 Å². The smallest absolute Gasteiger partial charge is 0.119 e. The number of rotatable bonds is 4. The van der Waals surface area contributed by atoms with Gasteiger partial charge in [0.1, 0.15) is 18.5 Å². The van der Waals surface area contributed by atoms with E-state index < -0.39 is 26.4 Å². The second-order valence-corrected chi connectivity index (χ2v) is 2.89. The fraction of sp³-hybridized carbons (Fsp3) is 0.455. The van der Waals surface area contributed by atoms with E-state index in [1.807, 2.05) is 0 Å². The van der Waals surface area contributed by atoms with Crippen LogP contribution in [0.15, 0.2) is 18.2 Å². The molecular weight excluding hydrogens is 180 g/mol. The summed E-state index contributed by atoms with van der Waals surface area (Å²) >= 11 is 0. The molecule has 1 rings (SSSR count). The van der Waals surface area contributed by atoms with Crippen molar-refractivity contribution in [1.82, 2.24) is 0 Å². The highest BCUT2D eigenvalue weighted by atomic mass is 16.5. The maximum Gasteiger partial charge on any atom is 0.119 e. The summed E-state index contributed by atoms with van der Waals surface area (Å²) in [5.41, 5.74) is -0.306. The SMILES string of the molecule is [2H]C([2H])([2H])c1cc(OCC(O)CO)cc(C([2H])([2H])[2H])c1. The first kappa shape index (κ1) is 5.14. The molecule has 1 unspecified atom stereocenters. The van der Waals surface area contributed by atoms with Gasteiger partial charge >= 0.3 is 0 Å². The number of ether oxygens (including phenoxy) is 1. The van der Waals surface area contributed by atoms with Crippen molar-refractivity contribution in [2.24, 2.45) is 0 Å². The van der Waals surface area contributed by atoms with Crippen LogP contribution in [0.1, 0.15) is 19.4 Å². The molecule has 0 radical (unpaired) electrons. The molecule has 0 amide bonds. The molecule has 0 aliphatic heterocycles. The van der Waals surface area contributed by atoms with Crippen molar-refractivity contribution in [3.8, 4) is 5.75 Å². The third-order valence-electron chi connectivity index (χ3n) is 1.56. The molecule has 3 heteroatoms. The summed E-state index contributed by atoms with van der Waals surface area (Å²) in [6.07, 6.45) is -1.12. The Kier molecular flexibility index (Phi) is 1.83. The van der Waals surface area contributed by atoms with Gasteiger partial charge in [0.2, 0.25) is 0 Å². The van der Waals surface area contributed by atoms with E-state index in [1.165, 1.54) is 12.1 Å². The van der Waals surface area contributed by atoms with E-state index in [0.717, 1.165) is 6.07 Å². The first-order valence-corrected chi connectivity index (χ1v) is 4.12. The average Bonchev–Trinajstić information content (AvgIpc) is 2.33. The number of benzene rings is 1. The standard InChI is InChI=1S/C11H16O3/c1-8-3-9(2)5-11(4-8)14-7-10(13)6-12/h3-5,10,12-13H,6-7H2,1-2H3/i1D3,2D3. The second-order valence-electron chi connectivity index (χ2n) is 2.89. The van der Waals surface area contributed by atoms with E-state index in [-0.39, 0.29) is 23.5 Å². The normalized spacial score (nSPS) is 20.7. The molecule has 0 aliphatic carbocycles.